The van der Waals surface area contributed by atoms with Gasteiger partial charge >= 0.3 is 7.60 Å². The first-order chi connectivity index (χ1) is 13.2. The third kappa shape index (κ3) is 8.13. The van der Waals surface area contributed by atoms with Crippen LogP contribution in [0.25, 0.3) is 0 Å². The molecule has 0 aromatic carbocycles. The number of hydrogen-bond acceptors (Lipinski definition) is 3. The maximum Gasteiger partial charge on any atom is 0.333 e. The number of ether oxygens (including phenoxy) is 1. The van der Waals surface area contributed by atoms with Crippen LogP contribution in [0.5, 0.6) is 0 Å². The minimum atomic E-state index is -3.64. The van der Waals surface area contributed by atoms with Crippen molar-refractivity contribution in [3.05, 3.63) is 0 Å². The average molecular weight is 416 g/mol. The van der Waals surface area contributed by atoms with Gasteiger partial charge in [-0.25, -0.2) is 0 Å². The highest BCUT2D eigenvalue weighted by Crippen LogP contribution is 2.58. The van der Waals surface area contributed by atoms with Crippen LogP contribution in [0.1, 0.15) is 98.8 Å². The second kappa shape index (κ2) is 12.8. The second-order valence-electron chi connectivity index (χ2n) is 9.23. The van der Waals surface area contributed by atoms with Gasteiger partial charge in [0, 0.05) is 0 Å². The quantitative estimate of drug-likeness (QED) is 0.323. The Balaban J connectivity index is 2.81. The Hall–Kier alpha value is 0.175. The largest absolute Gasteiger partial charge is 0.375 e. The molecule has 28 heavy (non-hydrogen) atoms. The Labute approximate surface area is 175 Å². The maximum atomic E-state index is 12.9. The fraction of sp³-hybridized carbons (Fsp3) is 1.00. The molecule has 1 saturated carbocycles. The van der Waals surface area contributed by atoms with Gasteiger partial charge < -0.3 is 14.2 Å². The molecule has 0 saturated heterocycles. The SMILES string of the molecule is CBC1CCCC(COP(=O)(O)C(C)(CC)CC)CC(OC(C)CC)CCC1. The van der Waals surface area contributed by atoms with Crippen LogP contribution in [0, 0.1) is 5.92 Å². The fourth-order valence-corrected chi connectivity index (χ4v) is 5.72. The van der Waals surface area contributed by atoms with E-state index in [2.05, 4.69) is 20.7 Å². The molecule has 166 valence electrons. The van der Waals surface area contributed by atoms with Crippen molar-refractivity contribution in [2.75, 3.05) is 6.61 Å². The first-order valence-electron chi connectivity index (χ1n) is 11.8. The molecule has 6 heteroatoms. The van der Waals surface area contributed by atoms with Gasteiger partial charge in [-0.05, 0) is 58.3 Å². The van der Waals surface area contributed by atoms with Crippen molar-refractivity contribution in [1.29, 1.82) is 0 Å². The van der Waals surface area contributed by atoms with Gasteiger partial charge in [-0.1, -0.05) is 59.1 Å². The molecule has 0 bridgehead atoms. The van der Waals surface area contributed by atoms with E-state index in [0.29, 0.717) is 25.4 Å². The molecule has 0 radical (unpaired) electrons. The van der Waals surface area contributed by atoms with Crippen LogP contribution in [-0.2, 0) is 13.8 Å². The lowest BCUT2D eigenvalue weighted by molar-refractivity contribution is -0.0268. The Kier molecular flexibility index (Phi) is 12.0. The first-order valence-corrected chi connectivity index (χ1v) is 13.4. The lowest BCUT2D eigenvalue weighted by Gasteiger charge is -2.33. The molecule has 0 aliphatic heterocycles. The van der Waals surface area contributed by atoms with E-state index in [1.807, 2.05) is 20.8 Å². The lowest BCUT2D eigenvalue weighted by atomic mass is 9.62. The highest BCUT2D eigenvalue weighted by molar-refractivity contribution is 7.54. The molecule has 4 nitrogen and oxygen atoms in total. The van der Waals surface area contributed by atoms with Crippen LogP contribution in [0.3, 0.4) is 0 Å². The zero-order chi connectivity index (χ0) is 21.2. The molecule has 0 heterocycles. The topological polar surface area (TPSA) is 55.8 Å². The van der Waals surface area contributed by atoms with Crippen molar-refractivity contribution in [2.24, 2.45) is 5.92 Å². The molecule has 1 aliphatic rings. The summed E-state index contributed by atoms with van der Waals surface area (Å²) in [4.78, 5) is 10.6. The summed E-state index contributed by atoms with van der Waals surface area (Å²) in [6, 6.07) is 0. The normalized spacial score (nSPS) is 28.3. The molecule has 5 unspecified atom stereocenters. The average Bonchev–Trinajstić information content (AvgIpc) is 2.69. The summed E-state index contributed by atoms with van der Waals surface area (Å²) in [6.45, 7) is 12.8. The van der Waals surface area contributed by atoms with Gasteiger partial charge in [-0.15, -0.1) is 0 Å². The van der Waals surface area contributed by atoms with Crippen LogP contribution >= 0.6 is 7.60 Å². The van der Waals surface area contributed by atoms with E-state index in [1.165, 1.54) is 33.0 Å². The smallest absolute Gasteiger partial charge is 0.333 e. The molecule has 1 fully saturated rings. The van der Waals surface area contributed by atoms with Gasteiger partial charge in [0.2, 0.25) is 0 Å². The lowest BCUT2D eigenvalue weighted by Crippen LogP contribution is -2.28. The van der Waals surface area contributed by atoms with Gasteiger partial charge in [0.15, 0.2) is 0 Å². The molecule has 0 aromatic rings. The third-order valence-corrected chi connectivity index (χ3v) is 9.72. The van der Waals surface area contributed by atoms with Gasteiger partial charge in [-0.2, -0.15) is 0 Å². The summed E-state index contributed by atoms with van der Waals surface area (Å²) < 4.78 is 25.0. The summed E-state index contributed by atoms with van der Waals surface area (Å²) in [5.74, 6) is 1.10. The van der Waals surface area contributed by atoms with Crippen molar-refractivity contribution in [2.45, 2.75) is 129 Å². The number of rotatable bonds is 10. The highest BCUT2D eigenvalue weighted by Gasteiger charge is 2.42. The Morgan fingerprint density at radius 3 is 2.29 bits per heavy atom. The summed E-state index contributed by atoms with van der Waals surface area (Å²) in [5.41, 5.74) is 0. The second-order valence-corrected chi connectivity index (χ2v) is 11.6. The molecule has 1 aliphatic carbocycles. The van der Waals surface area contributed by atoms with Crippen LogP contribution in [0.4, 0.5) is 0 Å². The van der Waals surface area contributed by atoms with Gasteiger partial charge in [-0.3, -0.25) is 4.57 Å². The molecular weight excluding hydrogens is 370 g/mol. The minimum Gasteiger partial charge on any atom is -0.375 e. The fourth-order valence-electron chi connectivity index (χ4n) is 4.20. The number of hydrogen-bond donors (Lipinski definition) is 1. The Bertz CT molecular complexity index is 469. The van der Waals surface area contributed by atoms with Crippen molar-refractivity contribution >= 4 is 14.9 Å². The van der Waals surface area contributed by atoms with Crippen molar-refractivity contribution in [3.63, 3.8) is 0 Å². The van der Waals surface area contributed by atoms with Crippen LogP contribution < -0.4 is 0 Å². The van der Waals surface area contributed by atoms with E-state index < -0.39 is 12.8 Å². The Morgan fingerprint density at radius 1 is 1.14 bits per heavy atom. The van der Waals surface area contributed by atoms with E-state index >= 15 is 0 Å². The molecule has 5 atom stereocenters. The van der Waals surface area contributed by atoms with E-state index in [9.17, 15) is 9.46 Å². The molecule has 0 spiro atoms. The predicted molar refractivity (Wildman–Crippen MR) is 122 cm³/mol. The van der Waals surface area contributed by atoms with Crippen molar-refractivity contribution < 1.29 is 18.7 Å². The first kappa shape index (κ1) is 26.2. The summed E-state index contributed by atoms with van der Waals surface area (Å²) in [7, 11) is -2.39. The molecule has 0 amide bonds. The molecule has 1 rings (SSSR count). The van der Waals surface area contributed by atoms with Crippen LogP contribution in [-0.4, -0.2) is 36.1 Å². The standard InChI is InChI=1S/C22H46BO4P/c1-7-18(4)27-21-15-11-14-20(23-6)13-10-12-19(16-21)17-26-28(24,25)22(5,8-2)9-3/h18-21,23H,7-17H2,1-6H3,(H,24,25). The van der Waals surface area contributed by atoms with E-state index in [1.54, 1.807) is 0 Å². The highest BCUT2D eigenvalue weighted by atomic mass is 31.2. The third-order valence-electron chi connectivity index (χ3n) is 7.23. The maximum absolute atomic E-state index is 12.9. The molecule has 1 N–H and O–H groups in total. The van der Waals surface area contributed by atoms with Crippen molar-refractivity contribution in [3.8, 4) is 0 Å². The molecular formula is C22H46BO4P. The van der Waals surface area contributed by atoms with Crippen LogP contribution in [0.2, 0.25) is 12.6 Å². The van der Waals surface area contributed by atoms with Gasteiger partial charge in [0.05, 0.1) is 24.0 Å². The summed E-state index contributed by atoms with van der Waals surface area (Å²) in [5, 5.41) is -0.650. The Morgan fingerprint density at radius 2 is 1.75 bits per heavy atom. The van der Waals surface area contributed by atoms with E-state index in [4.69, 9.17) is 9.26 Å². The summed E-state index contributed by atoms with van der Waals surface area (Å²) >= 11 is 0. The zero-order valence-electron chi connectivity index (χ0n) is 19.4. The predicted octanol–water partition coefficient (Wildman–Crippen LogP) is 6.58. The van der Waals surface area contributed by atoms with E-state index in [-0.39, 0.29) is 12.2 Å². The van der Waals surface area contributed by atoms with Gasteiger partial charge in [0.25, 0.3) is 0 Å². The zero-order valence-corrected chi connectivity index (χ0v) is 20.3. The van der Waals surface area contributed by atoms with Crippen molar-refractivity contribution in [1.82, 2.24) is 0 Å². The molecule has 0 aromatic heterocycles. The van der Waals surface area contributed by atoms with Crippen LogP contribution in [0.15, 0.2) is 0 Å². The minimum absolute atomic E-state index is 0.237. The van der Waals surface area contributed by atoms with Gasteiger partial charge in [0.1, 0.15) is 7.28 Å². The van der Waals surface area contributed by atoms with E-state index in [0.717, 1.165) is 31.5 Å². The monoisotopic (exact) mass is 416 g/mol. The summed E-state index contributed by atoms with van der Waals surface area (Å²) in [6.07, 6.45) is 10.9.